The lowest BCUT2D eigenvalue weighted by molar-refractivity contribution is -0.137. The van der Waals surface area contributed by atoms with E-state index in [1.807, 2.05) is 0 Å². The Balaban J connectivity index is 1.94. The molecule has 0 aliphatic rings. The van der Waals surface area contributed by atoms with Gasteiger partial charge >= 0.3 is 12.2 Å². The van der Waals surface area contributed by atoms with Gasteiger partial charge in [-0.3, -0.25) is 5.32 Å². The van der Waals surface area contributed by atoms with Crippen LogP contribution in [0.2, 0.25) is 0 Å². The smallest absolute Gasteiger partial charge is 0.416 e. The number of fused-ring (bicyclic) bond motifs is 1. The number of aromatic nitrogens is 3. The number of nitrogens with one attached hydrogen (secondary N) is 1. The number of nitrogens with zero attached hydrogens (tertiary/aromatic N) is 3. The van der Waals surface area contributed by atoms with Crippen LogP contribution in [0.4, 0.5) is 24.3 Å². The molecule has 2 aromatic heterocycles. The van der Waals surface area contributed by atoms with Crippen LogP contribution in [0, 0.1) is 6.92 Å². The van der Waals surface area contributed by atoms with E-state index < -0.39 is 11.7 Å². The number of oxazole rings is 1. The van der Waals surface area contributed by atoms with Gasteiger partial charge in [-0.1, -0.05) is 11.3 Å². The molecule has 0 fully saturated rings. The molecule has 0 radical (unpaired) electrons. The second kappa shape index (κ2) is 4.44. The van der Waals surface area contributed by atoms with Crippen LogP contribution in [-0.4, -0.2) is 15.2 Å². The molecule has 0 saturated heterocycles. The highest BCUT2D eigenvalue weighted by atomic mass is 32.1. The van der Waals surface area contributed by atoms with E-state index in [0.29, 0.717) is 5.13 Å². The summed E-state index contributed by atoms with van der Waals surface area (Å²) in [5.74, 6) is 0. The van der Waals surface area contributed by atoms with Gasteiger partial charge in [0.1, 0.15) is 10.5 Å². The Hall–Kier alpha value is -2.16. The van der Waals surface area contributed by atoms with Crippen molar-refractivity contribution in [3.63, 3.8) is 0 Å². The Morgan fingerprint density at radius 2 is 2.05 bits per heavy atom. The van der Waals surface area contributed by atoms with Crippen molar-refractivity contribution in [1.82, 2.24) is 15.2 Å². The van der Waals surface area contributed by atoms with Crippen LogP contribution in [0.1, 0.15) is 10.6 Å². The Bertz CT molecular complexity index is 764. The van der Waals surface area contributed by atoms with Crippen LogP contribution in [0.15, 0.2) is 22.6 Å². The summed E-state index contributed by atoms with van der Waals surface area (Å²) in [5, 5.41) is 11.6. The maximum Gasteiger partial charge on any atom is 0.416 e. The van der Waals surface area contributed by atoms with Gasteiger partial charge in [0.05, 0.1) is 5.56 Å². The third-order valence-electron chi connectivity index (χ3n) is 2.45. The molecular formula is C11H7F3N4OS. The zero-order valence-electron chi connectivity index (χ0n) is 10.0. The molecule has 104 valence electrons. The summed E-state index contributed by atoms with van der Waals surface area (Å²) >= 11 is 1.29. The summed E-state index contributed by atoms with van der Waals surface area (Å²) in [4.78, 5) is 3.95. The van der Waals surface area contributed by atoms with E-state index in [-0.39, 0.29) is 17.1 Å². The SMILES string of the molecule is Cc1nnc(Nc2nc3cc(C(F)(F)F)ccc3o2)s1. The molecule has 0 spiro atoms. The predicted molar refractivity (Wildman–Crippen MR) is 66.9 cm³/mol. The monoisotopic (exact) mass is 300 g/mol. The van der Waals surface area contributed by atoms with Crippen LogP contribution in [0.25, 0.3) is 11.1 Å². The highest BCUT2D eigenvalue weighted by Gasteiger charge is 2.31. The quantitative estimate of drug-likeness (QED) is 0.781. The molecule has 1 aromatic carbocycles. The second-order valence-corrected chi connectivity index (χ2v) is 5.13. The molecule has 5 nitrogen and oxygen atoms in total. The van der Waals surface area contributed by atoms with Crippen molar-refractivity contribution in [3.05, 3.63) is 28.8 Å². The lowest BCUT2D eigenvalue weighted by Gasteiger charge is -2.04. The number of benzene rings is 1. The minimum atomic E-state index is -4.41. The van der Waals surface area contributed by atoms with E-state index in [1.165, 1.54) is 17.4 Å². The van der Waals surface area contributed by atoms with E-state index in [9.17, 15) is 13.2 Å². The standard InChI is InChI=1S/C11H7F3N4OS/c1-5-17-18-10(20-5)16-9-15-7-4-6(11(12,13)14)2-3-8(7)19-9/h2-4H,1H3,(H,15,16,18). The summed E-state index contributed by atoms with van der Waals surface area (Å²) in [6.45, 7) is 1.78. The zero-order chi connectivity index (χ0) is 14.3. The highest BCUT2D eigenvalue weighted by molar-refractivity contribution is 7.15. The summed E-state index contributed by atoms with van der Waals surface area (Å²) in [6, 6.07) is 3.21. The largest absolute Gasteiger partial charge is 0.423 e. The first-order valence-corrected chi connectivity index (χ1v) is 6.28. The fourth-order valence-electron chi connectivity index (χ4n) is 1.60. The molecule has 0 saturated carbocycles. The van der Waals surface area contributed by atoms with E-state index in [2.05, 4.69) is 20.5 Å². The van der Waals surface area contributed by atoms with Crippen molar-refractivity contribution < 1.29 is 17.6 Å². The fourth-order valence-corrected chi connectivity index (χ4v) is 2.18. The number of rotatable bonds is 2. The molecule has 0 atom stereocenters. The van der Waals surface area contributed by atoms with Crippen LogP contribution in [-0.2, 0) is 6.18 Å². The van der Waals surface area contributed by atoms with Gasteiger partial charge in [-0.15, -0.1) is 10.2 Å². The average molecular weight is 300 g/mol. The summed E-state index contributed by atoms with van der Waals surface area (Å²) in [5.41, 5.74) is -0.373. The average Bonchev–Trinajstić information content (AvgIpc) is 2.93. The predicted octanol–water partition coefficient (Wildman–Crippen LogP) is 3.75. The molecule has 0 unspecified atom stereocenters. The first kappa shape index (κ1) is 12.9. The van der Waals surface area contributed by atoms with Crippen LogP contribution in [0.5, 0.6) is 0 Å². The number of alkyl halides is 3. The summed E-state index contributed by atoms with van der Waals surface area (Å²) in [7, 11) is 0. The van der Waals surface area contributed by atoms with Crippen LogP contribution >= 0.6 is 11.3 Å². The van der Waals surface area contributed by atoms with Gasteiger partial charge in [-0.2, -0.15) is 18.2 Å². The van der Waals surface area contributed by atoms with E-state index in [0.717, 1.165) is 17.1 Å². The van der Waals surface area contributed by atoms with Gasteiger partial charge in [0.2, 0.25) is 5.13 Å². The number of anilines is 2. The second-order valence-electron chi connectivity index (χ2n) is 3.95. The van der Waals surface area contributed by atoms with Crippen molar-refractivity contribution >= 4 is 33.6 Å². The number of hydrogen-bond acceptors (Lipinski definition) is 6. The zero-order valence-corrected chi connectivity index (χ0v) is 10.8. The molecule has 2 heterocycles. The van der Waals surface area contributed by atoms with Crippen LogP contribution in [0.3, 0.4) is 0 Å². The van der Waals surface area contributed by atoms with Gasteiger partial charge in [-0.25, -0.2) is 0 Å². The van der Waals surface area contributed by atoms with Crippen molar-refractivity contribution in [2.45, 2.75) is 13.1 Å². The molecule has 3 rings (SSSR count). The lowest BCUT2D eigenvalue weighted by atomic mass is 10.2. The Morgan fingerprint density at radius 3 is 2.70 bits per heavy atom. The van der Waals surface area contributed by atoms with E-state index in [1.54, 1.807) is 6.92 Å². The minimum Gasteiger partial charge on any atom is -0.423 e. The van der Waals surface area contributed by atoms with Crippen LogP contribution < -0.4 is 5.32 Å². The van der Waals surface area contributed by atoms with E-state index in [4.69, 9.17) is 4.42 Å². The third-order valence-corrected chi connectivity index (χ3v) is 3.21. The summed E-state index contributed by atoms with van der Waals surface area (Å²) in [6.07, 6.45) is -4.41. The number of halogens is 3. The molecule has 0 amide bonds. The number of aryl methyl sites for hydroxylation is 1. The normalized spacial score (nSPS) is 12.0. The minimum absolute atomic E-state index is 0.0791. The van der Waals surface area contributed by atoms with Gasteiger partial charge in [0, 0.05) is 0 Å². The highest BCUT2D eigenvalue weighted by Crippen LogP contribution is 2.32. The first-order chi connectivity index (χ1) is 9.41. The Kier molecular flexibility index (Phi) is 2.85. The van der Waals surface area contributed by atoms with Gasteiger partial charge < -0.3 is 4.42 Å². The van der Waals surface area contributed by atoms with Gasteiger partial charge in [0.25, 0.3) is 0 Å². The molecule has 0 aliphatic heterocycles. The molecule has 20 heavy (non-hydrogen) atoms. The fraction of sp³-hybridized carbons (Fsp3) is 0.182. The Morgan fingerprint density at radius 1 is 1.25 bits per heavy atom. The van der Waals surface area contributed by atoms with E-state index >= 15 is 0 Å². The summed E-state index contributed by atoms with van der Waals surface area (Å²) < 4.78 is 43.0. The van der Waals surface area contributed by atoms with Crippen molar-refractivity contribution in [2.24, 2.45) is 0 Å². The van der Waals surface area contributed by atoms with Crippen molar-refractivity contribution in [1.29, 1.82) is 0 Å². The van der Waals surface area contributed by atoms with Gasteiger partial charge in [-0.05, 0) is 25.1 Å². The van der Waals surface area contributed by atoms with Crippen molar-refractivity contribution in [3.8, 4) is 0 Å². The number of hydrogen-bond donors (Lipinski definition) is 1. The maximum absolute atomic E-state index is 12.6. The molecule has 1 N–H and O–H groups in total. The lowest BCUT2D eigenvalue weighted by Crippen LogP contribution is -2.03. The molecule has 0 bridgehead atoms. The first-order valence-electron chi connectivity index (χ1n) is 5.47. The molecular weight excluding hydrogens is 293 g/mol. The topological polar surface area (TPSA) is 63.8 Å². The molecule has 3 aromatic rings. The molecule has 0 aliphatic carbocycles. The Labute approximate surface area is 114 Å². The maximum atomic E-state index is 12.6. The van der Waals surface area contributed by atoms with Gasteiger partial charge in [0.15, 0.2) is 5.58 Å². The third kappa shape index (κ3) is 2.44. The van der Waals surface area contributed by atoms with Crippen molar-refractivity contribution in [2.75, 3.05) is 5.32 Å². The molecule has 9 heteroatoms.